The predicted molar refractivity (Wildman–Crippen MR) is 98.3 cm³/mol. The zero-order valence-electron chi connectivity index (χ0n) is 13.8. The largest absolute Gasteiger partial charge is 0.493 e. The number of nitrogens with zero attached hydrogens (tertiary/aromatic N) is 3. The molecule has 0 saturated heterocycles. The van der Waals surface area contributed by atoms with Crippen molar-refractivity contribution in [3.63, 3.8) is 0 Å². The first-order valence-corrected chi connectivity index (χ1v) is 9.43. The first-order chi connectivity index (χ1) is 12.2. The third kappa shape index (κ3) is 4.21. The van der Waals surface area contributed by atoms with E-state index in [1.807, 2.05) is 35.2 Å². The molecule has 0 aliphatic rings. The van der Waals surface area contributed by atoms with Crippen molar-refractivity contribution in [1.29, 1.82) is 0 Å². The maximum Gasteiger partial charge on any atom is 0.337 e. The molecule has 130 valence electrons. The number of thiophene rings is 1. The standard InChI is InChI=1S/C17H17N3O3S2/c1-20-15(14-7-4-9-24-14)18-19-17(20)25-10-8-23-13-6-3-5-12(11-13)16(21)22-2/h3-7,9,11H,8,10H2,1-2H3. The summed E-state index contributed by atoms with van der Waals surface area (Å²) in [5, 5.41) is 11.3. The van der Waals surface area contributed by atoms with Gasteiger partial charge in [0.1, 0.15) is 5.75 Å². The maximum absolute atomic E-state index is 11.5. The van der Waals surface area contributed by atoms with E-state index in [9.17, 15) is 4.79 Å². The lowest BCUT2D eigenvalue weighted by Gasteiger charge is -2.07. The topological polar surface area (TPSA) is 66.2 Å². The number of esters is 1. The van der Waals surface area contributed by atoms with E-state index in [2.05, 4.69) is 10.2 Å². The van der Waals surface area contributed by atoms with Crippen LogP contribution in [0.15, 0.2) is 46.9 Å². The summed E-state index contributed by atoms with van der Waals surface area (Å²) in [7, 11) is 3.32. The lowest BCUT2D eigenvalue weighted by molar-refractivity contribution is 0.0600. The molecule has 8 heteroatoms. The van der Waals surface area contributed by atoms with Gasteiger partial charge in [-0.1, -0.05) is 23.9 Å². The minimum absolute atomic E-state index is 0.375. The van der Waals surface area contributed by atoms with E-state index < -0.39 is 0 Å². The van der Waals surface area contributed by atoms with Crippen LogP contribution < -0.4 is 4.74 Å². The normalized spacial score (nSPS) is 10.6. The minimum Gasteiger partial charge on any atom is -0.493 e. The number of carbonyl (C=O) groups excluding carboxylic acids is 1. The van der Waals surface area contributed by atoms with Gasteiger partial charge in [-0.2, -0.15) is 0 Å². The molecule has 0 amide bonds. The quantitative estimate of drug-likeness (QED) is 0.358. The lowest BCUT2D eigenvalue weighted by atomic mass is 10.2. The Bertz CT molecular complexity index is 847. The van der Waals surface area contributed by atoms with Crippen LogP contribution in [-0.4, -0.2) is 40.2 Å². The molecule has 0 aliphatic carbocycles. The van der Waals surface area contributed by atoms with Gasteiger partial charge >= 0.3 is 5.97 Å². The van der Waals surface area contributed by atoms with E-state index in [0.29, 0.717) is 17.9 Å². The van der Waals surface area contributed by atoms with Gasteiger partial charge in [0.05, 0.1) is 24.2 Å². The highest BCUT2D eigenvalue weighted by Crippen LogP contribution is 2.26. The molecule has 0 unspecified atom stereocenters. The van der Waals surface area contributed by atoms with Crippen molar-refractivity contribution in [3.8, 4) is 16.5 Å². The molecule has 25 heavy (non-hydrogen) atoms. The molecule has 0 fully saturated rings. The molecular weight excluding hydrogens is 358 g/mol. The number of ether oxygens (including phenoxy) is 2. The summed E-state index contributed by atoms with van der Waals surface area (Å²) in [5.74, 6) is 1.85. The van der Waals surface area contributed by atoms with Crippen LogP contribution in [0.4, 0.5) is 0 Å². The van der Waals surface area contributed by atoms with Crippen LogP contribution in [0.25, 0.3) is 10.7 Å². The minimum atomic E-state index is -0.375. The zero-order chi connectivity index (χ0) is 17.6. The van der Waals surface area contributed by atoms with Gasteiger partial charge in [0, 0.05) is 12.8 Å². The second-order valence-electron chi connectivity index (χ2n) is 5.06. The first kappa shape index (κ1) is 17.5. The van der Waals surface area contributed by atoms with Crippen LogP contribution in [0.3, 0.4) is 0 Å². The number of hydrogen-bond acceptors (Lipinski definition) is 7. The van der Waals surface area contributed by atoms with E-state index in [-0.39, 0.29) is 5.97 Å². The van der Waals surface area contributed by atoms with E-state index in [0.717, 1.165) is 21.6 Å². The average molecular weight is 375 g/mol. The fourth-order valence-corrected chi connectivity index (χ4v) is 3.66. The molecule has 1 aromatic carbocycles. The molecule has 0 bridgehead atoms. The van der Waals surface area contributed by atoms with E-state index in [1.165, 1.54) is 7.11 Å². The average Bonchev–Trinajstić information content (AvgIpc) is 3.28. The Labute approximate surface area is 153 Å². The molecule has 0 N–H and O–H groups in total. The highest BCUT2D eigenvalue weighted by atomic mass is 32.2. The van der Waals surface area contributed by atoms with Gasteiger partial charge in [-0.05, 0) is 29.6 Å². The van der Waals surface area contributed by atoms with Crippen LogP contribution in [0.5, 0.6) is 5.75 Å². The molecule has 0 saturated carbocycles. The Morgan fingerprint density at radius 3 is 2.92 bits per heavy atom. The third-order valence-electron chi connectivity index (χ3n) is 3.41. The molecule has 2 aromatic heterocycles. The second-order valence-corrected chi connectivity index (χ2v) is 7.07. The molecule has 0 aliphatic heterocycles. The van der Waals surface area contributed by atoms with Crippen molar-refractivity contribution >= 4 is 29.1 Å². The molecule has 0 atom stereocenters. The Morgan fingerprint density at radius 2 is 2.16 bits per heavy atom. The number of methoxy groups -OCH3 is 1. The number of aromatic nitrogens is 3. The Hall–Kier alpha value is -2.32. The molecular formula is C17H17N3O3S2. The number of carbonyl (C=O) groups is 1. The Balaban J connectivity index is 1.53. The van der Waals surface area contributed by atoms with Gasteiger partial charge in [-0.15, -0.1) is 21.5 Å². The summed E-state index contributed by atoms with van der Waals surface area (Å²) in [5.41, 5.74) is 0.474. The molecule has 3 rings (SSSR count). The zero-order valence-corrected chi connectivity index (χ0v) is 15.5. The molecule has 6 nitrogen and oxygen atoms in total. The van der Waals surface area contributed by atoms with Crippen molar-refractivity contribution in [3.05, 3.63) is 47.3 Å². The van der Waals surface area contributed by atoms with Gasteiger partial charge in [-0.25, -0.2) is 4.79 Å². The molecule has 2 heterocycles. The van der Waals surface area contributed by atoms with Crippen LogP contribution >= 0.6 is 23.1 Å². The van der Waals surface area contributed by atoms with E-state index in [1.54, 1.807) is 41.3 Å². The van der Waals surface area contributed by atoms with Gasteiger partial charge in [-0.3, -0.25) is 0 Å². The van der Waals surface area contributed by atoms with Gasteiger partial charge in [0.2, 0.25) is 0 Å². The fraction of sp³-hybridized carbons (Fsp3) is 0.235. The smallest absolute Gasteiger partial charge is 0.337 e. The van der Waals surface area contributed by atoms with Crippen LogP contribution in [0.1, 0.15) is 10.4 Å². The predicted octanol–water partition coefficient (Wildman–Crippen LogP) is 3.50. The van der Waals surface area contributed by atoms with Crippen molar-refractivity contribution < 1.29 is 14.3 Å². The first-order valence-electron chi connectivity index (χ1n) is 7.56. The maximum atomic E-state index is 11.5. The summed E-state index contributed by atoms with van der Waals surface area (Å²) in [4.78, 5) is 12.6. The van der Waals surface area contributed by atoms with Gasteiger partial charge in [0.25, 0.3) is 0 Å². The van der Waals surface area contributed by atoms with Crippen LogP contribution in [0, 0.1) is 0 Å². The number of benzene rings is 1. The Morgan fingerprint density at radius 1 is 1.28 bits per heavy atom. The van der Waals surface area contributed by atoms with E-state index in [4.69, 9.17) is 9.47 Å². The molecule has 3 aromatic rings. The summed E-state index contributed by atoms with van der Waals surface area (Å²) in [6, 6.07) is 11.0. The molecule has 0 spiro atoms. The van der Waals surface area contributed by atoms with E-state index >= 15 is 0 Å². The second kappa shape index (κ2) is 8.17. The van der Waals surface area contributed by atoms with Gasteiger partial charge < -0.3 is 14.0 Å². The number of hydrogen-bond donors (Lipinski definition) is 0. The number of thioether (sulfide) groups is 1. The highest BCUT2D eigenvalue weighted by molar-refractivity contribution is 7.99. The lowest BCUT2D eigenvalue weighted by Crippen LogP contribution is -2.04. The van der Waals surface area contributed by atoms with Crippen molar-refractivity contribution in [2.24, 2.45) is 7.05 Å². The third-order valence-corrected chi connectivity index (χ3v) is 5.27. The number of rotatable bonds is 7. The highest BCUT2D eigenvalue weighted by Gasteiger charge is 2.12. The molecule has 0 radical (unpaired) electrons. The summed E-state index contributed by atoms with van der Waals surface area (Å²) in [6.07, 6.45) is 0. The summed E-state index contributed by atoms with van der Waals surface area (Å²) in [6.45, 7) is 0.497. The van der Waals surface area contributed by atoms with Gasteiger partial charge in [0.15, 0.2) is 11.0 Å². The summed E-state index contributed by atoms with van der Waals surface area (Å²) >= 11 is 3.22. The van der Waals surface area contributed by atoms with Crippen LogP contribution in [0.2, 0.25) is 0 Å². The Kier molecular flexibility index (Phi) is 5.72. The van der Waals surface area contributed by atoms with Crippen molar-refractivity contribution in [2.75, 3.05) is 19.5 Å². The monoisotopic (exact) mass is 375 g/mol. The van der Waals surface area contributed by atoms with Crippen LogP contribution in [-0.2, 0) is 11.8 Å². The summed E-state index contributed by atoms with van der Waals surface area (Å²) < 4.78 is 12.4. The van der Waals surface area contributed by atoms with Crippen molar-refractivity contribution in [2.45, 2.75) is 5.16 Å². The van der Waals surface area contributed by atoms with Crippen molar-refractivity contribution in [1.82, 2.24) is 14.8 Å². The fourth-order valence-electron chi connectivity index (χ4n) is 2.18. The SMILES string of the molecule is COC(=O)c1cccc(OCCSc2nnc(-c3cccs3)n2C)c1.